The number of hydrogen-bond donors (Lipinski definition) is 2. The van der Waals surface area contributed by atoms with Gasteiger partial charge in [-0.25, -0.2) is 0 Å². The summed E-state index contributed by atoms with van der Waals surface area (Å²) in [6.45, 7) is 3.76. The van der Waals surface area contributed by atoms with Crippen molar-refractivity contribution < 1.29 is 19.8 Å². The van der Waals surface area contributed by atoms with Gasteiger partial charge in [0.25, 0.3) is 0 Å². The molecule has 18 heavy (non-hydrogen) atoms. The topological polar surface area (TPSA) is 81.1 Å². The van der Waals surface area contributed by atoms with E-state index in [9.17, 15) is 9.59 Å². The number of rotatable bonds is 4. The average Bonchev–Trinajstić information content (AvgIpc) is 3.13. The minimum Gasteiger partial charge on any atom is -0.481 e. The molecule has 2 unspecified atom stereocenters. The van der Waals surface area contributed by atoms with Crippen molar-refractivity contribution in [3.8, 4) is 0 Å². The van der Waals surface area contributed by atoms with Crippen LogP contribution in [0.3, 0.4) is 0 Å². The van der Waals surface area contributed by atoms with E-state index in [-0.39, 0.29) is 18.4 Å². The molecule has 2 rings (SSSR count). The molecule has 1 aliphatic carbocycles. The van der Waals surface area contributed by atoms with Crippen molar-refractivity contribution >= 4 is 11.9 Å². The van der Waals surface area contributed by atoms with Crippen molar-refractivity contribution in [3.63, 3.8) is 0 Å². The maximum absolute atomic E-state index is 12.1. The van der Waals surface area contributed by atoms with Gasteiger partial charge in [-0.15, -0.1) is 0 Å². The Morgan fingerprint density at radius 2 is 1.89 bits per heavy atom. The number of carboxylic acids is 1. The highest BCUT2D eigenvalue weighted by molar-refractivity contribution is 5.89. The zero-order valence-electron chi connectivity index (χ0n) is 10.4. The van der Waals surface area contributed by atoms with Crippen LogP contribution in [0.2, 0.25) is 0 Å². The molecule has 1 aliphatic heterocycles. The molecule has 0 aromatic heterocycles. The lowest BCUT2D eigenvalue weighted by molar-refractivity contribution is -0.141. The molecule has 2 N–H and O–H groups in total. The maximum atomic E-state index is 12.1. The quantitative estimate of drug-likeness (QED) is 0.690. The molecule has 6 heteroatoms. The highest BCUT2D eigenvalue weighted by Crippen LogP contribution is 2.40. The Labute approximate surface area is 106 Å². The third kappa shape index (κ3) is 3.00. The van der Waals surface area contributed by atoms with E-state index in [2.05, 4.69) is 4.90 Å². The molecule has 1 amide bonds. The van der Waals surface area contributed by atoms with Crippen LogP contribution in [0, 0.1) is 11.8 Å². The number of aliphatic carboxylic acids is 1. The fourth-order valence-electron chi connectivity index (χ4n) is 2.53. The number of carbonyl (C=O) groups excluding carboxylic acids is 1. The monoisotopic (exact) mass is 256 g/mol. The van der Waals surface area contributed by atoms with Crippen molar-refractivity contribution in [2.75, 3.05) is 39.3 Å². The number of nitrogens with zero attached hydrogens (tertiary/aromatic N) is 2. The first-order valence-corrected chi connectivity index (χ1v) is 6.48. The van der Waals surface area contributed by atoms with Crippen LogP contribution in [0.15, 0.2) is 0 Å². The normalized spacial score (nSPS) is 28.8. The fraction of sp³-hybridized carbons (Fsp3) is 0.833. The van der Waals surface area contributed by atoms with Gasteiger partial charge in [0, 0.05) is 26.2 Å². The zero-order chi connectivity index (χ0) is 13.1. The fourth-order valence-corrected chi connectivity index (χ4v) is 2.53. The van der Waals surface area contributed by atoms with E-state index < -0.39 is 11.9 Å². The highest BCUT2D eigenvalue weighted by Gasteiger charge is 2.49. The Morgan fingerprint density at radius 3 is 2.50 bits per heavy atom. The van der Waals surface area contributed by atoms with E-state index in [1.165, 1.54) is 0 Å². The van der Waals surface area contributed by atoms with Crippen LogP contribution in [-0.4, -0.2) is 71.2 Å². The van der Waals surface area contributed by atoms with Crippen molar-refractivity contribution in [3.05, 3.63) is 0 Å². The lowest BCUT2D eigenvalue weighted by Gasteiger charge is -2.21. The Balaban J connectivity index is 1.83. The summed E-state index contributed by atoms with van der Waals surface area (Å²) in [6.07, 6.45) is 1.38. The zero-order valence-corrected chi connectivity index (χ0v) is 10.4. The Kier molecular flexibility index (Phi) is 4.19. The molecule has 0 spiro atoms. The van der Waals surface area contributed by atoms with Crippen LogP contribution >= 0.6 is 0 Å². The number of aliphatic hydroxyl groups is 1. The summed E-state index contributed by atoms with van der Waals surface area (Å²) in [5.74, 6) is -1.63. The first kappa shape index (κ1) is 13.3. The third-order valence-corrected chi connectivity index (χ3v) is 3.74. The van der Waals surface area contributed by atoms with Crippen LogP contribution in [0.4, 0.5) is 0 Å². The number of amides is 1. The van der Waals surface area contributed by atoms with Crippen molar-refractivity contribution in [1.29, 1.82) is 0 Å². The van der Waals surface area contributed by atoms with Crippen molar-refractivity contribution in [1.82, 2.24) is 9.80 Å². The summed E-state index contributed by atoms with van der Waals surface area (Å²) in [5, 5.41) is 17.7. The van der Waals surface area contributed by atoms with Crippen molar-refractivity contribution in [2.24, 2.45) is 11.8 Å². The van der Waals surface area contributed by atoms with Gasteiger partial charge in [0.1, 0.15) is 0 Å². The number of carbonyl (C=O) groups is 2. The van der Waals surface area contributed by atoms with Gasteiger partial charge in [0.2, 0.25) is 5.91 Å². The molecule has 102 valence electrons. The molecule has 1 saturated heterocycles. The smallest absolute Gasteiger partial charge is 0.307 e. The number of aliphatic hydroxyl groups excluding tert-OH is 1. The molecule has 2 atom stereocenters. The van der Waals surface area contributed by atoms with Gasteiger partial charge in [0.15, 0.2) is 0 Å². The second-order valence-electron chi connectivity index (χ2n) is 5.03. The van der Waals surface area contributed by atoms with Crippen LogP contribution < -0.4 is 0 Å². The second kappa shape index (κ2) is 5.67. The largest absolute Gasteiger partial charge is 0.481 e. The van der Waals surface area contributed by atoms with Gasteiger partial charge >= 0.3 is 5.97 Å². The Hall–Kier alpha value is -1.14. The minimum absolute atomic E-state index is 0.00625. The van der Waals surface area contributed by atoms with Gasteiger partial charge in [-0.05, 0) is 19.4 Å². The molecule has 2 aliphatic rings. The summed E-state index contributed by atoms with van der Waals surface area (Å²) in [6, 6.07) is 0. The van der Waals surface area contributed by atoms with Crippen LogP contribution in [0.1, 0.15) is 12.8 Å². The molecule has 1 saturated carbocycles. The standard InChI is InChI=1S/C12H20N2O4/c15-7-6-13-2-1-3-14(5-4-13)11(16)9-8-10(9)12(17)18/h9-10,15H,1-8H2,(H,17,18). The molecule has 0 radical (unpaired) electrons. The molecule has 0 aromatic rings. The molecule has 6 nitrogen and oxygen atoms in total. The van der Waals surface area contributed by atoms with E-state index in [1.807, 2.05) is 0 Å². The molecule has 1 heterocycles. The minimum atomic E-state index is -0.856. The van der Waals surface area contributed by atoms with Gasteiger partial charge in [-0.1, -0.05) is 0 Å². The van der Waals surface area contributed by atoms with E-state index in [0.29, 0.717) is 26.1 Å². The van der Waals surface area contributed by atoms with E-state index in [4.69, 9.17) is 10.2 Å². The first-order valence-electron chi connectivity index (χ1n) is 6.48. The predicted molar refractivity (Wildman–Crippen MR) is 64.0 cm³/mol. The van der Waals surface area contributed by atoms with E-state index >= 15 is 0 Å². The summed E-state index contributed by atoms with van der Waals surface area (Å²) >= 11 is 0. The summed E-state index contributed by atoms with van der Waals surface area (Å²) in [5.41, 5.74) is 0. The number of β-amino-alcohol motifs (C(OH)–C–C–N with tert-alkyl or cyclic N) is 1. The van der Waals surface area contributed by atoms with Gasteiger partial charge < -0.3 is 15.1 Å². The lowest BCUT2D eigenvalue weighted by atomic mass is 10.2. The second-order valence-corrected chi connectivity index (χ2v) is 5.03. The molecular formula is C12H20N2O4. The number of hydrogen-bond acceptors (Lipinski definition) is 4. The van der Waals surface area contributed by atoms with Gasteiger partial charge in [0.05, 0.1) is 18.4 Å². The summed E-state index contributed by atoms with van der Waals surface area (Å²) in [7, 11) is 0. The average molecular weight is 256 g/mol. The van der Waals surface area contributed by atoms with Crippen LogP contribution in [0.5, 0.6) is 0 Å². The molecule has 0 bridgehead atoms. The highest BCUT2D eigenvalue weighted by atomic mass is 16.4. The van der Waals surface area contributed by atoms with E-state index in [1.54, 1.807) is 4.90 Å². The SMILES string of the molecule is O=C(O)C1CC1C(=O)N1CCCN(CCO)CC1. The summed E-state index contributed by atoms with van der Waals surface area (Å²) in [4.78, 5) is 26.8. The maximum Gasteiger partial charge on any atom is 0.307 e. The number of carboxylic acid groups (broad SMARTS) is 1. The lowest BCUT2D eigenvalue weighted by Crippen LogP contribution is -2.37. The van der Waals surface area contributed by atoms with Crippen molar-refractivity contribution in [2.45, 2.75) is 12.8 Å². The van der Waals surface area contributed by atoms with Crippen LogP contribution in [-0.2, 0) is 9.59 Å². The van der Waals surface area contributed by atoms with Gasteiger partial charge in [-0.2, -0.15) is 0 Å². The van der Waals surface area contributed by atoms with Gasteiger partial charge in [-0.3, -0.25) is 14.5 Å². The Morgan fingerprint density at radius 1 is 1.11 bits per heavy atom. The Bertz CT molecular complexity index is 334. The molecular weight excluding hydrogens is 236 g/mol. The van der Waals surface area contributed by atoms with E-state index in [0.717, 1.165) is 19.5 Å². The first-order chi connectivity index (χ1) is 8.63. The molecule has 2 fully saturated rings. The third-order valence-electron chi connectivity index (χ3n) is 3.74. The molecule has 0 aromatic carbocycles. The summed E-state index contributed by atoms with van der Waals surface area (Å²) < 4.78 is 0. The predicted octanol–water partition coefficient (Wildman–Crippen LogP) is -0.766. The van der Waals surface area contributed by atoms with Crippen LogP contribution in [0.25, 0.3) is 0 Å².